The molecule has 0 aliphatic heterocycles. The highest BCUT2D eigenvalue weighted by Crippen LogP contribution is 2.16. The van der Waals surface area contributed by atoms with Crippen molar-refractivity contribution in [3.8, 4) is 5.75 Å². The first kappa shape index (κ1) is 15.5. The van der Waals surface area contributed by atoms with Gasteiger partial charge in [0.1, 0.15) is 5.75 Å². The Labute approximate surface area is 113 Å². The summed E-state index contributed by atoms with van der Waals surface area (Å²) < 4.78 is 5.59. The van der Waals surface area contributed by atoms with Crippen LogP contribution in [0.4, 0.5) is 0 Å². The van der Waals surface area contributed by atoms with Gasteiger partial charge in [-0.25, -0.2) is 0 Å². The molecule has 1 atom stereocenters. The van der Waals surface area contributed by atoms with E-state index in [1.165, 1.54) is 0 Å². The number of carbonyl (C=O) groups is 1. The van der Waals surface area contributed by atoms with Gasteiger partial charge in [0.2, 0.25) is 5.91 Å². The summed E-state index contributed by atoms with van der Waals surface area (Å²) in [5, 5.41) is 17.7. The lowest BCUT2D eigenvalue weighted by atomic mass is 10.0. The molecule has 5 nitrogen and oxygen atoms in total. The van der Waals surface area contributed by atoms with E-state index in [1.54, 1.807) is 24.3 Å². The van der Waals surface area contributed by atoms with Crippen molar-refractivity contribution in [3.05, 3.63) is 29.8 Å². The highest BCUT2D eigenvalue weighted by Gasteiger charge is 2.10. The predicted octanol–water partition coefficient (Wildman–Crippen LogP) is 0.820. The molecule has 1 amide bonds. The average Bonchev–Trinajstić information content (AvgIpc) is 2.35. The number of aliphatic hydroxyl groups excluding tert-OH is 1. The van der Waals surface area contributed by atoms with Crippen molar-refractivity contribution in [2.24, 2.45) is 11.7 Å². The van der Waals surface area contributed by atoms with Gasteiger partial charge in [-0.2, -0.15) is 0 Å². The molecule has 0 aliphatic rings. The first-order valence-electron chi connectivity index (χ1n) is 6.37. The number of rotatable bonds is 8. The van der Waals surface area contributed by atoms with Gasteiger partial charge in [-0.3, -0.25) is 4.79 Å². The molecule has 5 heteroatoms. The van der Waals surface area contributed by atoms with Gasteiger partial charge in [-0.15, -0.1) is 0 Å². The molecule has 0 heterocycles. The zero-order valence-electron chi connectivity index (χ0n) is 11.1. The number of carbonyl (C=O) groups excluding carboxylic acids is 1. The van der Waals surface area contributed by atoms with E-state index in [2.05, 4.69) is 0 Å². The van der Waals surface area contributed by atoms with Crippen LogP contribution in [0, 0.1) is 5.92 Å². The molecular formula is C14H21NO4. The Hall–Kier alpha value is -1.59. The van der Waals surface area contributed by atoms with Crippen LogP contribution in [0.25, 0.3) is 0 Å². The van der Waals surface area contributed by atoms with Crippen LogP contribution in [0.3, 0.4) is 0 Å². The van der Waals surface area contributed by atoms with Crippen LogP contribution in [-0.2, 0) is 11.2 Å². The summed E-state index contributed by atoms with van der Waals surface area (Å²) in [5.41, 5.74) is 5.99. The lowest BCUT2D eigenvalue weighted by Crippen LogP contribution is -2.20. The minimum atomic E-state index is -1.34. The largest absolute Gasteiger partial charge is 0.493 e. The minimum absolute atomic E-state index is 0.122. The Balaban J connectivity index is 2.46. The third-order valence-electron chi connectivity index (χ3n) is 2.89. The molecule has 0 bridgehead atoms. The predicted molar refractivity (Wildman–Crippen MR) is 71.5 cm³/mol. The second-order valence-corrected chi connectivity index (χ2v) is 4.58. The first-order chi connectivity index (χ1) is 9.01. The maximum atomic E-state index is 10.8. The zero-order valence-corrected chi connectivity index (χ0v) is 11.1. The monoisotopic (exact) mass is 267 g/mol. The molecule has 1 rings (SSSR count). The number of primary amides is 1. The fourth-order valence-corrected chi connectivity index (χ4v) is 1.75. The molecule has 19 heavy (non-hydrogen) atoms. The molecule has 106 valence electrons. The normalized spacial score (nSPS) is 12.4. The van der Waals surface area contributed by atoms with Crippen molar-refractivity contribution in [2.45, 2.75) is 32.5 Å². The minimum Gasteiger partial charge on any atom is -0.493 e. The molecule has 1 aromatic rings. The van der Waals surface area contributed by atoms with Crippen molar-refractivity contribution in [1.29, 1.82) is 0 Å². The van der Waals surface area contributed by atoms with E-state index in [0.717, 1.165) is 12.0 Å². The topological polar surface area (TPSA) is 92.8 Å². The van der Waals surface area contributed by atoms with Gasteiger partial charge in [0.05, 0.1) is 6.61 Å². The van der Waals surface area contributed by atoms with Crippen LogP contribution in [0.5, 0.6) is 5.75 Å². The maximum absolute atomic E-state index is 10.8. The highest BCUT2D eigenvalue weighted by molar-refractivity contribution is 5.73. The van der Waals surface area contributed by atoms with Gasteiger partial charge < -0.3 is 20.7 Å². The third-order valence-corrected chi connectivity index (χ3v) is 2.89. The molecule has 0 aliphatic carbocycles. The standard InChI is InChI=1S/C14H21NO4/c1-2-10(7-13(15)16)9-19-12-5-3-11(4-6-12)8-14(17)18/h3-6,10,14,17-18H,2,7-9H2,1H3,(H2,15,16)/t10-/m1/s1. The van der Waals surface area contributed by atoms with Gasteiger partial charge in [0, 0.05) is 18.8 Å². The molecule has 0 unspecified atom stereocenters. The lowest BCUT2D eigenvalue weighted by molar-refractivity contribution is -0.119. The van der Waals surface area contributed by atoms with Gasteiger partial charge in [0.25, 0.3) is 0 Å². The van der Waals surface area contributed by atoms with Crippen molar-refractivity contribution < 1.29 is 19.7 Å². The van der Waals surface area contributed by atoms with Crippen LogP contribution < -0.4 is 10.5 Å². The van der Waals surface area contributed by atoms with Crippen LogP contribution >= 0.6 is 0 Å². The fraction of sp³-hybridized carbons (Fsp3) is 0.500. The van der Waals surface area contributed by atoms with Crippen molar-refractivity contribution in [2.75, 3.05) is 6.61 Å². The molecule has 0 saturated carbocycles. The number of amides is 1. The highest BCUT2D eigenvalue weighted by atomic mass is 16.5. The quantitative estimate of drug-likeness (QED) is 0.608. The van der Waals surface area contributed by atoms with E-state index in [-0.39, 0.29) is 18.2 Å². The Morgan fingerprint density at radius 1 is 1.32 bits per heavy atom. The van der Waals surface area contributed by atoms with Gasteiger partial charge in [-0.1, -0.05) is 19.1 Å². The second kappa shape index (κ2) is 7.76. The van der Waals surface area contributed by atoms with Gasteiger partial charge in [-0.05, 0) is 24.1 Å². The smallest absolute Gasteiger partial charge is 0.217 e. The maximum Gasteiger partial charge on any atom is 0.217 e. The van der Waals surface area contributed by atoms with Gasteiger partial charge in [0.15, 0.2) is 6.29 Å². The second-order valence-electron chi connectivity index (χ2n) is 4.58. The van der Waals surface area contributed by atoms with Crippen LogP contribution in [0.15, 0.2) is 24.3 Å². The molecule has 0 saturated heterocycles. The van der Waals surface area contributed by atoms with Crippen LogP contribution in [-0.4, -0.2) is 29.0 Å². The third kappa shape index (κ3) is 6.22. The summed E-state index contributed by atoms with van der Waals surface area (Å²) in [5.74, 6) is 0.498. The molecule has 0 fully saturated rings. The number of hydrogen-bond acceptors (Lipinski definition) is 4. The molecule has 4 N–H and O–H groups in total. The number of aliphatic hydroxyl groups is 2. The number of benzene rings is 1. The lowest BCUT2D eigenvalue weighted by Gasteiger charge is -2.14. The summed E-state index contributed by atoms with van der Waals surface area (Å²) in [7, 11) is 0. The molecular weight excluding hydrogens is 246 g/mol. The van der Waals surface area contributed by atoms with E-state index >= 15 is 0 Å². The summed E-state index contributed by atoms with van der Waals surface area (Å²) >= 11 is 0. The van der Waals surface area contributed by atoms with E-state index in [9.17, 15) is 4.79 Å². The van der Waals surface area contributed by atoms with E-state index < -0.39 is 6.29 Å². The van der Waals surface area contributed by atoms with Crippen LogP contribution in [0.1, 0.15) is 25.3 Å². The van der Waals surface area contributed by atoms with Crippen LogP contribution in [0.2, 0.25) is 0 Å². The summed E-state index contributed by atoms with van der Waals surface area (Å²) in [4.78, 5) is 10.8. The molecule has 0 radical (unpaired) electrons. The Morgan fingerprint density at radius 2 is 1.95 bits per heavy atom. The van der Waals surface area contributed by atoms with E-state index in [4.69, 9.17) is 20.7 Å². The number of nitrogens with two attached hydrogens (primary N) is 1. The average molecular weight is 267 g/mol. The summed E-state index contributed by atoms with van der Waals surface area (Å²) in [6.45, 7) is 2.43. The first-order valence-corrected chi connectivity index (χ1v) is 6.37. The van der Waals surface area contributed by atoms with Crippen molar-refractivity contribution >= 4 is 5.91 Å². The summed E-state index contributed by atoms with van der Waals surface area (Å²) in [6, 6.07) is 7.11. The SMILES string of the molecule is CC[C@@H](COc1ccc(CC(O)O)cc1)CC(N)=O. The molecule has 0 spiro atoms. The number of hydrogen-bond donors (Lipinski definition) is 3. The van der Waals surface area contributed by atoms with Gasteiger partial charge >= 0.3 is 0 Å². The van der Waals surface area contributed by atoms with Crippen molar-refractivity contribution in [1.82, 2.24) is 0 Å². The summed E-state index contributed by atoms with van der Waals surface area (Å²) in [6.07, 6.45) is 0.00884. The number of ether oxygens (including phenoxy) is 1. The van der Waals surface area contributed by atoms with E-state index in [0.29, 0.717) is 18.8 Å². The molecule has 0 aromatic heterocycles. The Bertz CT molecular complexity index is 389. The Morgan fingerprint density at radius 3 is 2.42 bits per heavy atom. The zero-order chi connectivity index (χ0) is 14.3. The Kier molecular flexibility index (Phi) is 6.32. The fourth-order valence-electron chi connectivity index (χ4n) is 1.75. The molecule has 1 aromatic carbocycles. The van der Waals surface area contributed by atoms with E-state index in [1.807, 2.05) is 6.92 Å². The van der Waals surface area contributed by atoms with Crippen molar-refractivity contribution in [3.63, 3.8) is 0 Å².